The van der Waals surface area contributed by atoms with Crippen LogP contribution in [-0.2, 0) is 6.32 Å². The predicted octanol–water partition coefficient (Wildman–Crippen LogP) is 5.82. The molecule has 3 unspecified atom stereocenters. The van der Waals surface area contributed by atoms with E-state index in [0.29, 0.717) is 25.4 Å². The van der Waals surface area contributed by atoms with Gasteiger partial charge >= 0.3 is 0 Å². The molecule has 0 aromatic carbocycles. The van der Waals surface area contributed by atoms with Crippen molar-refractivity contribution in [2.45, 2.75) is 63.8 Å². The molecule has 0 amide bonds. The minimum atomic E-state index is 0.0259. The molecule has 0 saturated carbocycles. The summed E-state index contributed by atoms with van der Waals surface area (Å²) in [5, 5.41) is 0. The topological polar surface area (TPSA) is 126 Å². The first-order valence-electron chi connectivity index (χ1n) is 12.1. The molecule has 0 aliphatic carbocycles. The number of aromatic amines is 8. The molecule has 196 valence electrons. The number of hydrogen-bond donors (Lipinski definition) is 8. The maximum Gasteiger partial charge on any atom is 0.174 e. The van der Waals surface area contributed by atoms with Crippen molar-refractivity contribution in [1.82, 2.24) is 39.9 Å². The molecule has 0 bridgehead atoms. The van der Waals surface area contributed by atoms with Crippen molar-refractivity contribution < 1.29 is 0 Å². The maximum atomic E-state index is 5.82. The Hall–Kier alpha value is -2.02. The minimum Gasteiger partial charge on any atom is -0.337 e. The van der Waals surface area contributed by atoms with Crippen molar-refractivity contribution >= 4 is 80.3 Å². The quantitative estimate of drug-likeness (QED) is 0.104. The molecule has 8 nitrogen and oxygen atoms in total. The monoisotopic (exact) mass is 580 g/mol. The van der Waals surface area contributed by atoms with E-state index in [4.69, 9.17) is 80.3 Å². The number of H-pyrrole nitrogens is 8. The number of rotatable bonds is 7. The van der Waals surface area contributed by atoms with E-state index in [9.17, 15) is 0 Å². The van der Waals surface area contributed by atoms with E-state index >= 15 is 0 Å². The summed E-state index contributed by atoms with van der Waals surface area (Å²) in [6, 6.07) is 0. The fourth-order valence-corrected chi connectivity index (χ4v) is 3.57. The van der Waals surface area contributed by atoms with Crippen LogP contribution >= 0.6 is 48.9 Å². The van der Waals surface area contributed by atoms with Gasteiger partial charge in [0.15, 0.2) is 19.1 Å². The lowest BCUT2D eigenvalue weighted by atomic mass is 9.81. The summed E-state index contributed by atoms with van der Waals surface area (Å²) in [7, 11) is 22.3. The highest BCUT2D eigenvalue weighted by molar-refractivity contribution is 7.71. The maximum absolute atomic E-state index is 5.82. The van der Waals surface area contributed by atoms with E-state index in [-0.39, 0.29) is 17.5 Å². The fourth-order valence-electron chi connectivity index (χ4n) is 2.85. The third-order valence-corrected chi connectivity index (χ3v) is 5.93. The van der Waals surface area contributed by atoms with Gasteiger partial charge in [-0.15, -0.1) is 0 Å². The van der Waals surface area contributed by atoms with Crippen molar-refractivity contribution in [3.63, 3.8) is 0 Å². The lowest BCUT2D eigenvalue weighted by molar-refractivity contribution is 0.754. The number of aromatic nitrogens is 8. The van der Waals surface area contributed by atoms with E-state index in [2.05, 4.69) is 46.8 Å². The van der Waals surface area contributed by atoms with Crippen molar-refractivity contribution in [3.8, 4) is 0 Å². The SMILES string of the molecule is [B]C(C)c1c[nH]c(=S)[nH]1.[B]C(CC)c1c[nH]c(=S)[nH]1.[B]C(CCC)c1c[nH]c(=S)[nH]1.[B]Cc1c[nH]c(=S)[nH]1. The number of imidazole rings is 4. The van der Waals surface area contributed by atoms with Crippen molar-refractivity contribution in [3.05, 3.63) is 66.6 Å². The molecule has 4 aromatic heterocycles. The summed E-state index contributed by atoms with van der Waals surface area (Å²) < 4.78 is 2.54. The van der Waals surface area contributed by atoms with Crippen molar-refractivity contribution in [2.24, 2.45) is 0 Å². The smallest absolute Gasteiger partial charge is 0.174 e. The summed E-state index contributed by atoms with van der Waals surface area (Å²) in [4.78, 5) is 23.1. The van der Waals surface area contributed by atoms with Crippen LogP contribution in [-0.4, -0.2) is 71.3 Å². The molecule has 8 N–H and O–H groups in total. The highest BCUT2D eigenvalue weighted by Crippen LogP contribution is 2.14. The second-order valence-corrected chi connectivity index (χ2v) is 9.90. The molecule has 38 heavy (non-hydrogen) atoms. The Morgan fingerprint density at radius 2 is 1.08 bits per heavy atom. The van der Waals surface area contributed by atoms with E-state index in [1.807, 2.05) is 26.2 Å². The molecule has 8 radical (unpaired) electrons. The number of nitrogens with one attached hydrogen (secondary N) is 8. The first-order valence-corrected chi connectivity index (χ1v) is 13.7. The summed E-state index contributed by atoms with van der Waals surface area (Å²) in [5.74, 6) is 0.193. The Morgan fingerprint density at radius 3 is 1.34 bits per heavy atom. The van der Waals surface area contributed by atoms with Gasteiger partial charge in [0.1, 0.15) is 0 Å². The zero-order chi connectivity index (χ0) is 28.7. The Labute approximate surface area is 249 Å². The third-order valence-electron chi connectivity index (χ3n) is 5.05. The van der Waals surface area contributed by atoms with Crippen LogP contribution in [0.2, 0.25) is 0 Å². The van der Waals surface area contributed by atoms with Gasteiger partial charge in [0, 0.05) is 47.6 Å². The zero-order valence-electron chi connectivity index (χ0n) is 21.8. The normalized spacial score (nSPS) is 12.5. The molecular weight excluding hydrogens is 548 g/mol. The molecular formula is C22H32B4N8S4. The summed E-state index contributed by atoms with van der Waals surface area (Å²) in [6.45, 7) is 6.05. The first kappa shape index (κ1) is 34.0. The Bertz CT molecular complexity index is 1390. The highest BCUT2D eigenvalue weighted by atomic mass is 32.1. The van der Waals surface area contributed by atoms with Crippen LogP contribution in [0, 0.1) is 19.1 Å². The minimum absolute atomic E-state index is 0.0259. The molecule has 16 heteroatoms. The first-order chi connectivity index (χ1) is 18.0. The average Bonchev–Trinajstić information content (AvgIpc) is 3.69. The van der Waals surface area contributed by atoms with E-state index in [1.54, 1.807) is 12.4 Å². The number of hydrogen-bond acceptors (Lipinski definition) is 4. The fraction of sp³-hybridized carbons (Fsp3) is 0.455. The molecule has 4 aromatic rings. The molecule has 0 fully saturated rings. The zero-order valence-corrected chi connectivity index (χ0v) is 25.1. The molecule has 0 aliphatic heterocycles. The summed E-state index contributed by atoms with van der Waals surface area (Å²) in [6.07, 6.45) is 10.7. The average molecular weight is 580 g/mol. The van der Waals surface area contributed by atoms with Crippen LogP contribution in [0.25, 0.3) is 0 Å². The van der Waals surface area contributed by atoms with Gasteiger partial charge in [0.25, 0.3) is 0 Å². The van der Waals surface area contributed by atoms with Crippen LogP contribution in [0.1, 0.15) is 80.3 Å². The van der Waals surface area contributed by atoms with Crippen LogP contribution in [0.4, 0.5) is 0 Å². The summed E-state index contributed by atoms with van der Waals surface area (Å²) >= 11 is 19.2. The predicted molar refractivity (Wildman–Crippen MR) is 170 cm³/mol. The van der Waals surface area contributed by atoms with E-state index in [0.717, 1.165) is 42.0 Å². The Morgan fingerprint density at radius 1 is 0.658 bits per heavy atom. The standard InChI is InChI=1S/C7H11BN2S.C6H9BN2S.C5H7BN2S.C4H5BN2S/c1-2-3-5(8)6-4-9-7(11)10-6;1-2-4(7)5-3-8-6(10)9-5;1-3(6)4-2-7-5(9)8-4;5-1-3-2-6-4(8)7-3/h4-5H,2-3H2,1H3,(H2,9,10,11);3-4H,2H2,1H3,(H2,8,9,10);2-3H,1H3,(H2,7,8,9);2H,1H2,(H2,6,7,8). The molecule has 0 saturated heterocycles. The van der Waals surface area contributed by atoms with Crippen molar-refractivity contribution in [2.75, 3.05) is 0 Å². The van der Waals surface area contributed by atoms with Gasteiger partial charge in [0.05, 0.1) is 31.4 Å². The molecule has 0 spiro atoms. The molecule has 3 atom stereocenters. The van der Waals surface area contributed by atoms with Crippen LogP contribution in [0.3, 0.4) is 0 Å². The van der Waals surface area contributed by atoms with Crippen LogP contribution in [0.5, 0.6) is 0 Å². The lowest BCUT2D eigenvalue weighted by Crippen LogP contribution is -1.97. The van der Waals surface area contributed by atoms with Crippen LogP contribution in [0.15, 0.2) is 24.8 Å². The van der Waals surface area contributed by atoms with Gasteiger partial charge in [-0.3, -0.25) is 0 Å². The second kappa shape index (κ2) is 18.3. The molecule has 4 heterocycles. The highest BCUT2D eigenvalue weighted by Gasteiger charge is 2.04. The van der Waals surface area contributed by atoms with Gasteiger partial charge in [-0.05, 0) is 72.6 Å². The van der Waals surface area contributed by atoms with Crippen LogP contribution < -0.4 is 0 Å². The van der Waals surface area contributed by atoms with Crippen molar-refractivity contribution in [1.29, 1.82) is 0 Å². The Kier molecular flexibility index (Phi) is 16.4. The van der Waals surface area contributed by atoms with Gasteiger partial charge in [-0.2, -0.15) is 0 Å². The van der Waals surface area contributed by atoms with E-state index in [1.165, 1.54) is 0 Å². The van der Waals surface area contributed by atoms with Gasteiger partial charge in [-0.1, -0.05) is 40.0 Å². The molecule has 4 rings (SSSR count). The van der Waals surface area contributed by atoms with Gasteiger partial charge in [0.2, 0.25) is 0 Å². The Balaban J connectivity index is 0.000000255. The largest absolute Gasteiger partial charge is 0.337 e. The summed E-state index contributed by atoms with van der Waals surface area (Å²) in [5.41, 5.74) is 3.86. The molecule has 0 aliphatic rings. The van der Waals surface area contributed by atoms with Gasteiger partial charge < -0.3 is 39.9 Å². The third kappa shape index (κ3) is 13.2. The van der Waals surface area contributed by atoms with Gasteiger partial charge in [-0.25, -0.2) is 0 Å². The van der Waals surface area contributed by atoms with E-state index < -0.39 is 0 Å². The lowest BCUT2D eigenvalue weighted by Gasteiger charge is -2.05. The second-order valence-electron chi connectivity index (χ2n) is 8.27.